The lowest BCUT2D eigenvalue weighted by atomic mass is 9.98. The molecule has 6 nitrogen and oxygen atoms in total. The number of rotatable bonds is 7. The maximum absolute atomic E-state index is 15.0. The maximum atomic E-state index is 15.0. The average Bonchev–Trinajstić information content (AvgIpc) is 3.61. The van der Waals surface area contributed by atoms with Gasteiger partial charge in [0.05, 0.1) is 22.9 Å². The van der Waals surface area contributed by atoms with E-state index in [0.717, 1.165) is 26.6 Å². The quantitative estimate of drug-likeness (QED) is 0.283. The van der Waals surface area contributed by atoms with Crippen LogP contribution in [0.5, 0.6) is 23.0 Å². The molecular weight excluding hydrogens is 493 g/mol. The van der Waals surface area contributed by atoms with Crippen LogP contribution < -0.4 is 14.2 Å². The van der Waals surface area contributed by atoms with E-state index in [1.807, 2.05) is 43.5 Å². The molecule has 1 aliphatic heterocycles. The fourth-order valence-corrected chi connectivity index (χ4v) is 5.82. The first-order valence-corrected chi connectivity index (χ1v) is 12.9. The highest BCUT2D eigenvalue weighted by molar-refractivity contribution is 7.15. The summed E-state index contributed by atoms with van der Waals surface area (Å²) >= 11 is 1.64. The Morgan fingerprint density at radius 1 is 1.16 bits per heavy atom. The zero-order valence-electron chi connectivity index (χ0n) is 20.1. The van der Waals surface area contributed by atoms with Crippen LogP contribution in [-0.4, -0.2) is 22.7 Å². The molecule has 1 unspecified atom stereocenters. The van der Waals surface area contributed by atoms with Gasteiger partial charge in [0.15, 0.2) is 0 Å². The molecule has 0 spiro atoms. The minimum Gasteiger partial charge on any atom is -0.492 e. The summed E-state index contributed by atoms with van der Waals surface area (Å²) in [6, 6.07) is 16.3. The molecule has 0 amide bonds. The minimum absolute atomic E-state index is 0.0187. The second-order valence-electron chi connectivity index (χ2n) is 9.26. The predicted octanol–water partition coefficient (Wildman–Crippen LogP) is 7.07. The molecule has 1 N–H and O–H groups in total. The largest absolute Gasteiger partial charge is 0.492 e. The van der Waals surface area contributed by atoms with Gasteiger partial charge in [-0.3, -0.25) is 4.79 Å². The molecule has 0 saturated heterocycles. The third-order valence-electron chi connectivity index (χ3n) is 6.79. The van der Waals surface area contributed by atoms with Crippen LogP contribution in [0.1, 0.15) is 46.6 Å². The summed E-state index contributed by atoms with van der Waals surface area (Å²) in [5.41, 5.74) is 3.26. The second kappa shape index (κ2) is 9.52. The Balaban J connectivity index is 1.20. The third-order valence-corrected chi connectivity index (χ3v) is 7.75. The number of aryl methyl sites for hydroxylation is 1. The normalized spacial score (nSPS) is 17.7. The lowest BCUT2D eigenvalue weighted by Crippen LogP contribution is -2.07. The van der Waals surface area contributed by atoms with Crippen molar-refractivity contribution in [1.82, 2.24) is 4.98 Å². The number of nitrogens with zero attached hydrogens (tertiary/aromatic N) is 1. The fraction of sp³-hybridized carbons (Fsp3) is 0.241. The average molecular weight is 518 g/mol. The van der Waals surface area contributed by atoms with Crippen molar-refractivity contribution in [1.29, 1.82) is 0 Å². The van der Waals surface area contributed by atoms with Gasteiger partial charge in [-0.15, -0.1) is 11.3 Å². The molecule has 0 fully saturated rings. The zero-order valence-corrected chi connectivity index (χ0v) is 20.9. The predicted molar refractivity (Wildman–Crippen MR) is 137 cm³/mol. The van der Waals surface area contributed by atoms with Crippen molar-refractivity contribution < 1.29 is 28.5 Å². The van der Waals surface area contributed by atoms with Gasteiger partial charge in [0.25, 0.3) is 0 Å². The lowest BCUT2D eigenvalue weighted by Gasteiger charge is -2.17. The SMILES string of the molecule is Cc1ncc(-c2ccc(Oc3ccc(F)c4c3CC[C@H]4Oc3ccc4c(c3)OCC4CC(=O)O)cc2)s1. The molecule has 0 saturated carbocycles. The second-order valence-corrected chi connectivity index (χ2v) is 10.5. The summed E-state index contributed by atoms with van der Waals surface area (Å²) in [4.78, 5) is 16.5. The molecule has 8 heteroatoms. The molecule has 1 aromatic heterocycles. The Hall–Kier alpha value is -3.91. The number of benzene rings is 3. The van der Waals surface area contributed by atoms with E-state index in [-0.39, 0.29) is 18.2 Å². The summed E-state index contributed by atoms with van der Waals surface area (Å²) in [5.74, 6) is 1.13. The molecule has 188 valence electrons. The number of fused-ring (bicyclic) bond motifs is 2. The molecule has 3 aromatic carbocycles. The first-order valence-electron chi connectivity index (χ1n) is 12.1. The van der Waals surface area contributed by atoms with Crippen molar-refractivity contribution in [3.05, 3.63) is 88.3 Å². The number of aromatic nitrogens is 1. The van der Waals surface area contributed by atoms with E-state index < -0.39 is 12.1 Å². The van der Waals surface area contributed by atoms with Gasteiger partial charge in [-0.1, -0.05) is 6.07 Å². The smallest absolute Gasteiger partial charge is 0.304 e. The van der Waals surface area contributed by atoms with Gasteiger partial charge in [0.1, 0.15) is 34.9 Å². The van der Waals surface area contributed by atoms with Crippen molar-refractivity contribution in [3.8, 4) is 33.4 Å². The van der Waals surface area contributed by atoms with Gasteiger partial charge < -0.3 is 19.3 Å². The van der Waals surface area contributed by atoms with Gasteiger partial charge in [-0.2, -0.15) is 0 Å². The van der Waals surface area contributed by atoms with Gasteiger partial charge in [-0.25, -0.2) is 9.37 Å². The number of carbonyl (C=O) groups is 1. The molecular formula is C29H24FNO5S. The van der Waals surface area contributed by atoms with Crippen LogP contribution in [0.15, 0.2) is 60.8 Å². The minimum atomic E-state index is -0.858. The number of thiazole rings is 1. The molecule has 1 aliphatic carbocycles. The highest BCUT2D eigenvalue weighted by Gasteiger charge is 2.32. The monoisotopic (exact) mass is 517 g/mol. The standard InChI is InChI=1S/C29H24FNO5S/c1-16-31-14-27(37-16)17-2-4-19(5-3-17)35-24-11-9-23(30)29-22(24)8-10-25(29)36-20-6-7-21-18(12-28(32)33)15-34-26(21)13-20/h2-7,9,11,13-14,18,25H,8,10,12,15H2,1H3,(H,32,33)/t18?,25-/m1/s1. The van der Waals surface area contributed by atoms with Crippen molar-refractivity contribution in [2.45, 2.75) is 38.2 Å². The van der Waals surface area contributed by atoms with Gasteiger partial charge in [0, 0.05) is 34.9 Å². The van der Waals surface area contributed by atoms with E-state index in [0.29, 0.717) is 48.0 Å². The Bertz CT molecular complexity index is 1480. The van der Waals surface area contributed by atoms with E-state index in [1.165, 1.54) is 6.07 Å². The summed E-state index contributed by atoms with van der Waals surface area (Å²) in [7, 11) is 0. The Morgan fingerprint density at radius 2 is 1.97 bits per heavy atom. The van der Waals surface area contributed by atoms with Crippen LogP contribution >= 0.6 is 11.3 Å². The van der Waals surface area contributed by atoms with Crippen LogP contribution in [0.25, 0.3) is 10.4 Å². The molecule has 37 heavy (non-hydrogen) atoms. The number of ether oxygens (including phenoxy) is 3. The van der Waals surface area contributed by atoms with Crippen LogP contribution in [0.3, 0.4) is 0 Å². The van der Waals surface area contributed by atoms with Crippen LogP contribution in [0.2, 0.25) is 0 Å². The fourth-order valence-electron chi connectivity index (χ4n) is 5.04. The summed E-state index contributed by atoms with van der Waals surface area (Å²) < 4.78 is 33.0. The number of hydrogen-bond acceptors (Lipinski definition) is 6. The van der Waals surface area contributed by atoms with Gasteiger partial charge in [0.2, 0.25) is 0 Å². The molecule has 2 heterocycles. The number of carboxylic acids is 1. The van der Waals surface area contributed by atoms with Crippen molar-refractivity contribution >= 4 is 17.3 Å². The van der Waals surface area contributed by atoms with Crippen LogP contribution in [0.4, 0.5) is 4.39 Å². The Morgan fingerprint density at radius 3 is 2.73 bits per heavy atom. The number of halogens is 1. The molecule has 0 bridgehead atoms. The molecule has 6 rings (SSSR count). The number of aliphatic carboxylic acids is 1. The van der Waals surface area contributed by atoms with Gasteiger partial charge >= 0.3 is 5.97 Å². The summed E-state index contributed by atoms with van der Waals surface area (Å²) in [6.07, 6.45) is 2.68. The number of hydrogen-bond donors (Lipinski definition) is 1. The summed E-state index contributed by atoms with van der Waals surface area (Å²) in [6.45, 7) is 2.31. The lowest BCUT2D eigenvalue weighted by molar-refractivity contribution is -0.137. The maximum Gasteiger partial charge on any atom is 0.304 e. The Kier molecular flexibility index (Phi) is 6.04. The highest BCUT2D eigenvalue weighted by Crippen LogP contribution is 2.44. The van der Waals surface area contributed by atoms with E-state index in [9.17, 15) is 9.18 Å². The van der Waals surface area contributed by atoms with Crippen molar-refractivity contribution in [2.24, 2.45) is 0 Å². The van der Waals surface area contributed by atoms with E-state index >= 15 is 0 Å². The topological polar surface area (TPSA) is 77.9 Å². The van der Waals surface area contributed by atoms with Gasteiger partial charge in [-0.05, 0) is 67.8 Å². The molecule has 4 aromatic rings. The van der Waals surface area contributed by atoms with E-state index in [1.54, 1.807) is 29.5 Å². The molecule has 0 radical (unpaired) electrons. The first-order chi connectivity index (χ1) is 17.9. The molecule has 2 aliphatic rings. The van der Waals surface area contributed by atoms with Crippen molar-refractivity contribution in [3.63, 3.8) is 0 Å². The first kappa shape index (κ1) is 23.5. The summed E-state index contributed by atoms with van der Waals surface area (Å²) in [5, 5.41) is 10.1. The van der Waals surface area contributed by atoms with Crippen LogP contribution in [0, 0.1) is 12.7 Å². The van der Waals surface area contributed by atoms with E-state index in [4.69, 9.17) is 19.3 Å². The van der Waals surface area contributed by atoms with E-state index in [2.05, 4.69) is 4.98 Å². The third kappa shape index (κ3) is 4.64. The Labute approximate surface area is 217 Å². The van der Waals surface area contributed by atoms with Crippen LogP contribution in [-0.2, 0) is 11.2 Å². The number of carboxylic acid groups (broad SMARTS) is 1. The zero-order chi connectivity index (χ0) is 25.5. The highest BCUT2D eigenvalue weighted by atomic mass is 32.1. The van der Waals surface area contributed by atoms with Crippen molar-refractivity contribution in [2.75, 3.05) is 6.61 Å². The molecule has 2 atom stereocenters.